The number of amides is 1. The van der Waals surface area contributed by atoms with Gasteiger partial charge in [0.05, 0.1) is 5.69 Å². The van der Waals surface area contributed by atoms with Crippen LogP contribution in [0.1, 0.15) is 21.7 Å². The Morgan fingerprint density at radius 3 is 2.40 bits per heavy atom. The molecule has 4 aromatic rings. The van der Waals surface area contributed by atoms with Crippen molar-refractivity contribution in [2.45, 2.75) is 13.8 Å². The highest BCUT2D eigenvalue weighted by Crippen LogP contribution is 2.24. The predicted octanol–water partition coefficient (Wildman–Crippen LogP) is 5.71. The largest absolute Gasteiger partial charge is 0.319 e. The monoisotopic (exact) mass is 464 g/mol. The first-order valence-electron chi connectivity index (χ1n) is 9.28. The molecule has 0 aliphatic carbocycles. The van der Waals surface area contributed by atoms with E-state index in [9.17, 15) is 9.18 Å². The number of hydrogen-bond acceptors (Lipinski definition) is 3. The summed E-state index contributed by atoms with van der Waals surface area (Å²) in [7, 11) is 0. The van der Waals surface area contributed by atoms with Gasteiger partial charge < -0.3 is 5.32 Å². The van der Waals surface area contributed by atoms with Crippen molar-refractivity contribution in [1.29, 1.82) is 0 Å². The van der Waals surface area contributed by atoms with Crippen LogP contribution in [-0.2, 0) is 0 Å². The summed E-state index contributed by atoms with van der Waals surface area (Å²) in [5, 5.41) is 7.33. The van der Waals surface area contributed by atoms with Crippen molar-refractivity contribution in [3.63, 3.8) is 0 Å². The zero-order chi connectivity index (χ0) is 21.3. The number of nitrogens with one attached hydrogen (secondary N) is 1. The summed E-state index contributed by atoms with van der Waals surface area (Å²) >= 11 is 3.42. The summed E-state index contributed by atoms with van der Waals surface area (Å²) in [4.78, 5) is 17.4. The SMILES string of the molecule is Cc1ccc(C)c(NC(=O)c2nc(-c3ccc(F)cc3)n(-c3ccc(Br)cc3)n2)c1. The Hall–Kier alpha value is -3.32. The lowest BCUT2D eigenvalue weighted by atomic mass is 10.1. The molecule has 1 amide bonds. The van der Waals surface area contributed by atoms with Gasteiger partial charge in [0.1, 0.15) is 5.82 Å². The second-order valence-corrected chi connectivity index (χ2v) is 7.84. The predicted molar refractivity (Wildman–Crippen MR) is 118 cm³/mol. The maximum absolute atomic E-state index is 13.4. The van der Waals surface area contributed by atoms with E-state index in [0.29, 0.717) is 17.1 Å². The molecule has 0 saturated heterocycles. The van der Waals surface area contributed by atoms with Crippen molar-refractivity contribution < 1.29 is 9.18 Å². The molecular weight excluding hydrogens is 447 g/mol. The summed E-state index contributed by atoms with van der Waals surface area (Å²) < 4.78 is 15.9. The minimum atomic E-state index is -0.414. The second-order valence-electron chi connectivity index (χ2n) is 6.93. The Morgan fingerprint density at radius 1 is 1.00 bits per heavy atom. The minimum absolute atomic E-state index is 0.0261. The zero-order valence-corrected chi connectivity index (χ0v) is 17.9. The third kappa shape index (κ3) is 4.16. The summed E-state index contributed by atoms with van der Waals surface area (Å²) in [6.07, 6.45) is 0. The molecule has 0 unspecified atom stereocenters. The molecular formula is C23H18BrFN4O. The lowest BCUT2D eigenvalue weighted by Gasteiger charge is -2.07. The van der Waals surface area contributed by atoms with Crippen LogP contribution in [-0.4, -0.2) is 20.7 Å². The Bertz CT molecular complexity index is 1150. The van der Waals surface area contributed by atoms with E-state index in [0.717, 1.165) is 21.3 Å². The second kappa shape index (κ2) is 8.20. The molecule has 0 fully saturated rings. The number of carbonyl (C=O) groups excluding carboxylic acids is 1. The van der Waals surface area contributed by atoms with Gasteiger partial charge in [0, 0.05) is 15.7 Å². The van der Waals surface area contributed by atoms with Crippen LogP contribution in [0.15, 0.2) is 71.2 Å². The molecule has 0 bridgehead atoms. The number of aryl methyl sites for hydroxylation is 2. The number of halogens is 2. The Morgan fingerprint density at radius 2 is 1.70 bits per heavy atom. The van der Waals surface area contributed by atoms with Crippen molar-refractivity contribution in [3.05, 3.63) is 94.0 Å². The van der Waals surface area contributed by atoms with E-state index < -0.39 is 5.91 Å². The third-order valence-corrected chi connectivity index (χ3v) is 5.15. The van der Waals surface area contributed by atoms with Crippen LogP contribution in [0.5, 0.6) is 0 Å². The van der Waals surface area contributed by atoms with Gasteiger partial charge in [-0.05, 0) is 79.6 Å². The number of aromatic nitrogens is 3. The molecule has 3 aromatic carbocycles. The fourth-order valence-electron chi connectivity index (χ4n) is 3.01. The molecule has 0 aliphatic rings. The first kappa shape index (κ1) is 20.0. The van der Waals surface area contributed by atoms with Gasteiger partial charge >= 0.3 is 0 Å². The maximum Gasteiger partial charge on any atom is 0.295 e. The quantitative estimate of drug-likeness (QED) is 0.420. The van der Waals surface area contributed by atoms with E-state index in [2.05, 4.69) is 31.3 Å². The molecule has 1 aromatic heterocycles. The van der Waals surface area contributed by atoms with Gasteiger partial charge in [-0.25, -0.2) is 14.1 Å². The van der Waals surface area contributed by atoms with Crippen LogP contribution in [0.2, 0.25) is 0 Å². The van der Waals surface area contributed by atoms with Crippen molar-refractivity contribution >= 4 is 27.5 Å². The van der Waals surface area contributed by atoms with Crippen LogP contribution in [0.3, 0.4) is 0 Å². The van der Waals surface area contributed by atoms with Gasteiger partial charge in [-0.15, -0.1) is 5.10 Å². The molecule has 1 heterocycles. The zero-order valence-electron chi connectivity index (χ0n) is 16.4. The molecule has 0 saturated carbocycles. The molecule has 0 spiro atoms. The average molecular weight is 465 g/mol. The van der Waals surface area contributed by atoms with E-state index in [1.54, 1.807) is 16.8 Å². The van der Waals surface area contributed by atoms with Crippen LogP contribution in [0.4, 0.5) is 10.1 Å². The summed E-state index contributed by atoms with van der Waals surface area (Å²) in [6.45, 7) is 3.88. The molecule has 5 nitrogen and oxygen atoms in total. The van der Waals surface area contributed by atoms with E-state index in [4.69, 9.17) is 0 Å². The van der Waals surface area contributed by atoms with E-state index in [1.165, 1.54) is 12.1 Å². The third-order valence-electron chi connectivity index (χ3n) is 4.63. The molecule has 7 heteroatoms. The molecule has 0 atom stereocenters. The summed E-state index contributed by atoms with van der Waals surface area (Å²) in [5.41, 5.74) is 4.08. The van der Waals surface area contributed by atoms with Crippen molar-refractivity contribution in [1.82, 2.24) is 14.8 Å². The van der Waals surface area contributed by atoms with Crippen LogP contribution < -0.4 is 5.32 Å². The summed E-state index contributed by atoms with van der Waals surface area (Å²) in [6, 6.07) is 19.2. The van der Waals surface area contributed by atoms with Crippen molar-refractivity contribution in [3.8, 4) is 17.1 Å². The van der Waals surface area contributed by atoms with Crippen LogP contribution in [0.25, 0.3) is 17.1 Å². The maximum atomic E-state index is 13.4. The number of hydrogen-bond donors (Lipinski definition) is 1. The van der Waals surface area contributed by atoms with Gasteiger partial charge in [0.25, 0.3) is 5.91 Å². The van der Waals surface area contributed by atoms with Gasteiger partial charge in [-0.3, -0.25) is 4.79 Å². The topological polar surface area (TPSA) is 59.8 Å². The number of nitrogens with zero attached hydrogens (tertiary/aromatic N) is 3. The van der Waals surface area contributed by atoms with Crippen molar-refractivity contribution in [2.24, 2.45) is 0 Å². The van der Waals surface area contributed by atoms with E-state index in [-0.39, 0.29) is 11.6 Å². The lowest BCUT2D eigenvalue weighted by Crippen LogP contribution is -2.15. The van der Waals surface area contributed by atoms with Crippen molar-refractivity contribution in [2.75, 3.05) is 5.32 Å². The molecule has 4 rings (SSSR count). The standard InChI is InChI=1S/C23H18BrFN4O/c1-14-3-4-15(2)20(13-14)26-23(30)21-27-22(16-5-9-18(25)10-6-16)29(28-21)19-11-7-17(24)8-12-19/h3-13H,1-2H3,(H,26,30). The first-order chi connectivity index (χ1) is 14.4. The number of carbonyl (C=O) groups is 1. The molecule has 0 aliphatic heterocycles. The van der Waals surface area contributed by atoms with Gasteiger partial charge in [-0.1, -0.05) is 28.1 Å². The summed E-state index contributed by atoms with van der Waals surface area (Å²) in [5.74, 6) is -0.286. The van der Waals surface area contributed by atoms with Crippen LogP contribution >= 0.6 is 15.9 Å². The highest BCUT2D eigenvalue weighted by atomic mass is 79.9. The van der Waals surface area contributed by atoms with Gasteiger partial charge in [0.15, 0.2) is 5.82 Å². The Kier molecular flexibility index (Phi) is 5.46. The number of rotatable bonds is 4. The number of benzene rings is 3. The first-order valence-corrected chi connectivity index (χ1v) is 10.1. The lowest BCUT2D eigenvalue weighted by molar-refractivity contribution is 0.101. The van der Waals surface area contributed by atoms with Crippen LogP contribution in [0, 0.1) is 19.7 Å². The Balaban J connectivity index is 1.76. The normalized spacial score (nSPS) is 10.8. The van der Waals surface area contributed by atoms with E-state index in [1.807, 2.05) is 56.3 Å². The smallest absolute Gasteiger partial charge is 0.295 e. The number of anilines is 1. The fourth-order valence-corrected chi connectivity index (χ4v) is 3.27. The molecule has 30 heavy (non-hydrogen) atoms. The molecule has 150 valence electrons. The van der Waals surface area contributed by atoms with E-state index >= 15 is 0 Å². The fraction of sp³-hybridized carbons (Fsp3) is 0.0870. The van der Waals surface area contributed by atoms with Gasteiger partial charge in [-0.2, -0.15) is 0 Å². The highest BCUT2D eigenvalue weighted by Gasteiger charge is 2.19. The minimum Gasteiger partial charge on any atom is -0.319 e. The Labute approximate surface area is 181 Å². The molecule has 0 radical (unpaired) electrons. The molecule has 1 N–H and O–H groups in total. The van der Waals surface area contributed by atoms with Gasteiger partial charge in [0.2, 0.25) is 5.82 Å². The average Bonchev–Trinajstić information content (AvgIpc) is 3.17. The highest BCUT2D eigenvalue weighted by molar-refractivity contribution is 9.10.